The van der Waals surface area contributed by atoms with Crippen molar-refractivity contribution in [1.82, 2.24) is 5.32 Å². The molecule has 48 heavy (non-hydrogen) atoms. The predicted molar refractivity (Wildman–Crippen MR) is 164 cm³/mol. The number of carbonyl (C=O) groups is 3. The number of aryl methyl sites for hydroxylation is 1. The third-order valence-electron chi connectivity index (χ3n) is 10.9. The largest absolute Gasteiger partial charge is 0.508 e. The molecule has 0 amide bonds. The Balaban J connectivity index is 1.31. The zero-order valence-corrected chi connectivity index (χ0v) is 26.5. The summed E-state index contributed by atoms with van der Waals surface area (Å²) >= 11 is 0. The molecule has 2 aromatic carbocycles. The summed E-state index contributed by atoms with van der Waals surface area (Å²) in [6, 6.07) is 6.12. The number of fused-ring (bicyclic) bond motifs is 7. The van der Waals surface area contributed by atoms with E-state index in [9.17, 15) is 29.7 Å². The Morgan fingerprint density at radius 3 is 2.48 bits per heavy atom. The first-order valence-electron chi connectivity index (χ1n) is 15.8. The maximum absolute atomic E-state index is 14.3. The van der Waals surface area contributed by atoms with Gasteiger partial charge < -0.3 is 49.1 Å². The summed E-state index contributed by atoms with van der Waals surface area (Å²) in [5.74, 6) is -1.75. The van der Waals surface area contributed by atoms with Crippen molar-refractivity contribution in [1.29, 1.82) is 0 Å². The average molecular weight is 662 g/mol. The Kier molecular flexibility index (Phi) is 6.95. The van der Waals surface area contributed by atoms with E-state index in [-0.39, 0.29) is 6.61 Å². The minimum absolute atomic E-state index is 0.165. The van der Waals surface area contributed by atoms with E-state index < -0.39 is 83.8 Å². The zero-order valence-electron chi connectivity index (χ0n) is 26.5. The number of ether oxygens (including phenoxy) is 6. The lowest BCUT2D eigenvalue weighted by Gasteiger charge is -2.44. The first-order valence-corrected chi connectivity index (χ1v) is 15.8. The van der Waals surface area contributed by atoms with E-state index in [0.717, 1.165) is 5.56 Å². The molecule has 3 saturated heterocycles. The van der Waals surface area contributed by atoms with Crippen molar-refractivity contribution in [2.75, 3.05) is 20.8 Å². The molecule has 8 rings (SSSR count). The second kappa shape index (κ2) is 10.7. The van der Waals surface area contributed by atoms with E-state index in [1.807, 2.05) is 13.0 Å². The van der Waals surface area contributed by atoms with E-state index >= 15 is 0 Å². The number of esters is 1. The zero-order chi connectivity index (χ0) is 33.9. The van der Waals surface area contributed by atoms with Crippen LogP contribution in [0.5, 0.6) is 5.75 Å². The molecular weight excluding hydrogens is 626 g/mol. The van der Waals surface area contributed by atoms with Crippen molar-refractivity contribution in [2.24, 2.45) is 5.92 Å². The number of nitrogens with one attached hydrogen (secondary N) is 1. The molecule has 0 aromatic heterocycles. The van der Waals surface area contributed by atoms with Crippen molar-refractivity contribution in [3.05, 3.63) is 75.4 Å². The van der Waals surface area contributed by atoms with Crippen molar-refractivity contribution in [3.63, 3.8) is 0 Å². The lowest BCUT2D eigenvalue weighted by atomic mass is 9.62. The Morgan fingerprint density at radius 2 is 1.77 bits per heavy atom. The number of carbonyl (C=O) groups excluding carboxylic acids is 3. The van der Waals surface area contributed by atoms with Gasteiger partial charge in [0.05, 0.1) is 31.3 Å². The van der Waals surface area contributed by atoms with E-state index in [1.165, 1.54) is 19.3 Å². The van der Waals surface area contributed by atoms with Crippen LogP contribution in [0, 0.1) is 12.8 Å². The van der Waals surface area contributed by atoms with Crippen molar-refractivity contribution in [2.45, 2.75) is 73.8 Å². The Bertz CT molecular complexity index is 1820. The van der Waals surface area contributed by atoms with Crippen LogP contribution in [0.3, 0.4) is 0 Å². The summed E-state index contributed by atoms with van der Waals surface area (Å²) in [6.07, 6.45) is -2.01. The Hall–Kier alpha value is -4.11. The van der Waals surface area contributed by atoms with Crippen LogP contribution in [0.1, 0.15) is 58.1 Å². The highest BCUT2D eigenvalue weighted by Crippen LogP contribution is 2.64. The van der Waals surface area contributed by atoms with Gasteiger partial charge in [0.1, 0.15) is 36.3 Å². The molecule has 3 aliphatic heterocycles. The van der Waals surface area contributed by atoms with Gasteiger partial charge in [-0.05, 0) is 96.3 Å². The number of benzene rings is 2. The molecule has 0 saturated carbocycles. The molecule has 2 aromatic rings. The van der Waals surface area contributed by atoms with Gasteiger partial charge in [-0.3, -0.25) is 9.59 Å². The monoisotopic (exact) mass is 661 g/mol. The number of hydrogen-bond donors (Lipinski definition) is 4. The normalized spacial score (nSPS) is 38.7. The minimum atomic E-state index is -1.85. The number of rotatable bonds is 5. The molecule has 3 fully saturated rings. The molecule has 4 N–H and O–H groups in total. The van der Waals surface area contributed by atoms with Crippen LogP contribution < -0.4 is 10.1 Å². The first-order chi connectivity index (χ1) is 22.9. The van der Waals surface area contributed by atoms with Gasteiger partial charge in [-0.15, -0.1) is 0 Å². The van der Waals surface area contributed by atoms with Gasteiger partial charge in [-0.25, -0.2) is 4.79 Å². The third kappa shape index (κ3) is 4.03. The maximum atomic E-state index is 14.3. The second-order valence-corrected chi connectivity index (χ2v) is 13.2. The van der Waals surface area contributed by atoms with Crippen LogP contribution in [-0.4, -0.2) is 90.7 Å². The Labute approximate surface area is 275 Å². The molecule has 252 valence electrons. The fourth-order valence-corrected chi connectivity index (χ4v) is 8.40. The minimum Gasteiger partial charge on any atom is -0.497 e. The summed E-state index contributed by atoms with van der Waals surface area (Å²) in [5.41, 5.74) is 0.387. The number of ketones is 1. The van der Waals surface area contributed by atoms with Crippen molar-refractivity contribution in [3.8, 4) is 5.75 Å². The van der Waals surface area contributed by atoms with Crippen molar-refractivity contribution < 1.29 is 58.1 Å². The number of aliphatic hydroxyl groups is 3. The number of allylic oxidation sites excluding steroid dienone is 1. The van der Waals surface area contributed by atoms with Crippen LogP contribution in [0.2, 0.25) is 0 Å². The van der Waals surface area contributed by atoms with E-state index in [2.05, 4.69) is 5.32 Å². The molecule has 3 aliphatic carbocycles. The lowest BCUT2D eigenvalue weighted by Crippen LogP contribution is -2.62. The van der Waals surface area contributed by atoms with Crippen LogP contribution >= 0.6 is 0 Å². The topological polar surface area (TPSA) is 179 Å². The first kappa shape index (κ1) is 31.2. The summed E-state index contributed by atoms with van der Waals surface area (Å²) in [4.78, 5) is 40.5. The quantitative estimate of drug-likeness (QED) is 0.269. The van der Waals surface area contributed by atoms with Gasteiger partial charge >= 0.3 is 12.1 Å². The molecule has 0 radical (unpaired) electrons. The maximum Gasteiger partial charge on any atom is 0.508 e. The highest BCUT2D eigenvalue weighted by atomic mass is 16.8. The Morgan fingerprint density at radius 1 is 0.979 bits per heavy atom. The lowest BCUT2D eigenvalue weighted by molar-refractivity contribution is -0.280. The van der Waals surface area contributed by atoms with E-state index in [1.54, 1.807) is 44.3 Å². The van der Waals surface area contributed by atoms with E-state index in [4.69, 9.17) is 28.4 Å². The molecule has 3 heterocycles. The number of likely N-dealkylation sites (N-methyl/N-ethyl adjacent to an activating group) is 1. The van der Waals surface area contributed by atoms with Crippen LogP contribution in [0.4, 0.5) is 4.79 Å². The van der Waals surface area contributed by atoms with Gasteiger partial charge in [0, 0.05) is 0 Å². The fraction of sp³-hybridized carbons (Fsp3) is 0.457. The molecule has 13 heteroatoms. The third-order valence-corrected chi connectivity index (χ3v) is 10.9. The highest BCUT2D eigenvalue weighted by molar-refractivity contribution is 6.19. The molecule has 0 bridgehead atoms. The summed E-state index contributed by atoms with van der Waals surface area (Å²) in [7, 11) is 3.10. The number of aliphatic hydroxyl groups excluding tert-OH is 2. The molecule has 13 nitrogen and oxygen atoms in total. The molecular formula is C35H35NO12. The summed E-state index contributed by atoms with van der Waals surface area (Å²) < 4.78 is 34.9. The van der Waals surface area contributed by atoms with E-state index in [0.29, 0.717) is 39.1 Å². The number of hydrogen-bond acceptors (Lipinski definition) is 13. The number of methoxy groups -OCH3 is 1. The highest BCUT2D eigenvalue weighted by Gasteiger charge is 2.70. The van der Waals surface area contributed by atoms with Crippen LogP contribution in [-0.2, 0) is 44.3 Å². The van der Waals surface area contributed by atoms with Gasteiger partial charge in [0.2, 0.25) is 0 Å². The smallest absolute Gasteiger partial charge is 0.497 e. The molecule has 6 aliphatic rings. The molecule has 1 spiro atoms. The average Bonchev–Trinajstić information content (AvgIpc) is 3.80. The molecule has 11 atom stereocenters. The molecule has 0 unspecified atom stereocenters. The fourth-order valence-electron chi connectivity index (χ4n) is 8.40. The number of cyclic esters (lactones) is 2. The van der Waals surface area contributed by atoms with Crippen LogP contribution in [0.15, 0.2) is 36.4 Å². The standard InChI is InChI=1S/C35H35NO12/c1-14-9-17(43-4)11-22-18(14)5-6-23(37)35(22)25-29(47-31-26(36-3)28(39)27(38)15(2)45-31)19-10-16-7-8-34(42,24-13-44-33(41)46-24)21(16)12-20(19)30(25)48-32(35)40/h5-12,15,24-31,36,38-39,42H,13H2,1-4H3/t15-,24+,25-,26-,27+,28-,29+,30+,31-,34-,35+/m1/s1. The van der Waals surface area contributed by atoms with Gasteiger partial charge in [-0.1, -0.05) is 12.2 Å². The predicted octanol–water partition coefficient (Wildman–Crippen LogP) is 1.63. The second-order valence-electron chi connectivity index (χ2n) is 13.2. The van der Waals surface area contributed by atoms with Crippen LogP contribution in [0.25, 0.3) is 12.2 Å². The van der Waals surface area contributed by atoms with Gasteiger partial charge in [-0.2, -0.15) is 0 Å². The SMILES string of the molecule is CN[C@H]1[C@@H](O[C@H]2c3cc4c(cc3[C@@H]3OC(=O)[C@@]5(C(=O)C=Cc6c(C)cc(OC)cc65)[C@@H]32)[C@@](O)([C@@H]2COC(=O)O2)C=C4)O[C@H](C)[C@H](O)[C@@H]1O. The summed E-state index contributed by atoms with van der Waals surface area (Å²) in [5, 5.41) is 36.4. The van der Waals surface area contributed by atoms with Gasteiger partial charge in [0.25, 0.3) is 0 Å². The van der Waals surface area contributed by atoms with Crippen molar-refractivity contribution >= 4 is 30.1 Å². The van der Waals surface area contributed by atoms with Gasteiger partial charge in [0.15, 0.2) is 23.6 Å². The summed E-state index contributed by atoms with van der Waals surface area (Å²) in [6.45, 7) is 3.31.